The number of nitrogens with two attached hydrogens (primary N) is 1. The van der Waals surface area contributed by atoms with Gasteiger partial charge in [0.1, 0.15) is 0 Å². The molecule has 0 bridgehead atoms. The number of carbonyl (C=O) groups excluding carboxylic acids is 2. The molecule has 0 spiro atoms. The number of carbonyl (C=O) groups is 2. The SMILES string of the molecule is NC(=O)c1cccc(C(=O)NCC2CC2)c1. The van der Waals surface area contributed by atoms with E-state index in [1.807, 2.05) is 0 Å². The molecule has 0 aromatic heterocycles. The number of primary amides is 1. The van der Waals surface area contributed by atoms with Gasteiger partial charge in [-0.05, 0) is 37.0 Å². The standard InChI is InChI=1S/C12H14N2O2/c13-11(15)9-2-1-3-10(6-9)12(16)14-7-8-4-5-8/h1-3,6,8H,4-5,7H2,(H2,13,15)(H,14,16). The Hall–Kier alpha value is -1.84. The number of rotatable bonds is 4. The third-order valence-corrected chi connectivity index (χ3v) is 2.66. The Balaban J connectivity index is 2.03. The van der Waals surface area contributed by atoms with Crippen molar-refractivity contribution in [3.05, 3.63) is 35.4 Å². The lowest BCUT2D eigenvalue weighted by Crippen LogP contribution is -2.25. The van der Waals surface area contributed by atoms with Gasteiger partial charge in [-0.3, -0.25) is 9.59 Å². The van der Waals surface area contributed by atoms with Crippen LogP contribution in [0.3, 0.4) is 0 Å². The quantitative estimate of drug-likeness (QED) is 0.789. The molecule has 1 fully saturated rings. The molecule has 2 amide bonds. The van der Waals surface area contributed by atoms with Crippen molar-refractivity contribution < 1.29 is 9.59 Å². The lowest BCUT2D eigenvalue weighted by molar-refractivity contribution is 0.0952. The van der Waals surface area contributed by atoms with Crippen LogP contribution < -0.4 is 11.1 Å². The van der Waals surface area contributed by atoms with Crippen LogP contribution in [0.15, 0.2) is 24.3 Å². The van der Waals surface area contributed by atoms with E-state index >= 15 is 0 Å². The van der Waals surface area contributed by atoms with Crippen LogP contribution >= 0.6 is 0 Å². The molecule has 1 aromatic carbocycles. The molecular formula is C12H14N2O2. The third kappa shape index (κ3) is 2.59. The third-order valence-electron chi connectivity index (χ3n) is 2.66. The van der Waals surface area contributed by atoms with Gasteiger partial charge < -0.3 is 11.1 Å². The van der Waals surface area contributed by atoms with Gasteiger partial charge in [-0.15, -0.1) is 0 Å². The number of nitrogens with one attached hydrogen (secondary N) is 1. The molecule has 0 radical (unpaired) electrons. The fourth-order valence-electron chi connectivity index (χ4n) is 1.47. The van der Waals surface area contributed by atoms with Gasteiger partial charge in [-0.1, -0.05) is 6.07 Å². The van der Waals surface area contributed by atoms with E-state index < -0.39 is 5.91 Å². The Kier molecular flexibility index (Phi) is 2.90. The van der Waals surface area contributed by atoms with Crippen LogP contribution in [0.4, 0.5) is 0 Å². The highest BCUT2D eigenvalue weighted by molar-refractivity contribution is 5.99. The minimum absolute atomic E-state index is 0.144. The van der Waals surface area contributed by atoms with Crippen LogP contribution in [-0.4, -0.2) is 18.4 Å². The first-order chi connectivity index (χ1) is 7.66. The minimum Gasteiger partial charge on any atom is -0.366 e. The first-order valence-corrected chi connectivity index (χ1v) is 5.35. The zero-order valence-electron chi connectivity index (χ0n) is 8.90. The molecule has 1 saturated carbocycles. The number of benzene rings is 1. The molecule has 0 atom stereocenters. The van der Waals surface area contributed by atoms with Gasteiger partial charge in [0.2, 0.25) is 5.91 Å². The molecular weight excluding hydrogens is 204 g/mol. The second-order valence-electron chi connectivity index (χ2n) is 4.10. The summed E-state index contributed by atoms with van der Waals surface area (Å²) in [7, 11) is 0. The van der Waals surface area contributed by atoms with Gasteiger partial charge in [-0.2, -0.15) is 0 Å². The Bertz CT molecular complexity index is 425. The van der Waals surface area contributed by atoms with Crippen molar-refractivity contribution in [3.8, 4) is 0 Å². The van der Waals surface area contributed by atoms with Crippen molar-refractivity contribution in [1.82, 2.24) is 5.32 Å². The van der Waals surface area contributed by atoms with Crippen molar-refractivity contribution in [1.29, 1.82) is 0 Å². The molecule has 1 aromatic rings. The fraction of sp³-hybridized carbons (Fsp3) is 0.333. The summed E-state index contributed by atoms with van der Waals surface area (Å²) >= 11 is 0. The topological polar surface area (TPSA) is 72.2 Å². The molecule has 4 nitrogen and oxygen atoms in total. The largest absolute Gasteiger partial charge is 0.366 e. The van der Waals surface area contributed by atoms with Crippen molar-refractivity contribution in [2.24, 2.45) is 11.7 Å². The van der Waals surface area contributed by atoms with Gasteiger partial charge in [0.25, 0.3) is 5.91 Å². The van der Waals surface area contributed by atoms with Crippen molar-refractivity contribution in [2.45, 2.75) is 12.8 Å². The zero-order valence-corrected chi connectivity index (χ0v) is 8.90. The zero-order chi connectivity index (χ0) is 11.5. The normalized spacial score (nSPS) is 14.5. The van der Waals surface area contributed by atoms with Crippen LogP contribution in [0.1, 0.15) is 33.6 Å². The van der Waals surface area contributed by atoms with Gasteiger partial charge >= 0.3 is 0 Å². The highest BCUT2D eigenvalue weighted by atomic mass is 16.2. The fourth-order valence-corrected chi connectivity index (χ4v) is 1.47. The highest BCUT2D eigenvalue weighted by Crippen LogP contribution is 2.27. The maximum absolute atomic E-state index is 11.7. The molecule has 2 rings (SSSR count). The molecule has 0 saturated heterocycles. The van der Waals surface area contributed by atoms with E-state index in [0.29, 0.717) is 17.0 Å². The molecule has 1 aliphatic carbocycles. The predicted octanol–water partition coefficient (Wildman–Crippen LogP) is 0.925. The lowest BCUT2D eigenvalue weighted by Gasteiger charge is -2.04. The predicted molar refractivity (Wildman–Crippen MR) is 60.0 cm³/mol. The first-order valence-electron chi connectivity index (χ1n) is 5.35. The first kappa shape index (κ1) is 10.7. The molecule has 4 heteroatoms. The monoisotopic (exact) mass is 218 g/mol. The summed E-state index contributed by atoms with van der Waals surface area (Å²) < 4.78 is 0. The Morgan fingerprint density at radius 1 is 1.31 bits per heavy atom. The number of hydrogen-bond acceptors (Lipinski definition) is 2. The van der Waals surface area contributed by atoms with Gasteiger partial charge in [0.15, 0.2) is 0 Å². The summed E-state index contributed by atoms with van der Waals surface area (Å²) in [6.45, 7) is 0.722. The summed E-state index contributed by atoms with van der Waals surface area (Å²) in [5, 5.41) is 2.84. The molecule has 1 aliphatic rings. The maximum Gasteiger partial charge on any atom is 0.251 e. The maximum atomic E-state index is 11.7. The highest BCUT2D eigenvalue weighted by Gasteiger charge is 2.21. The Morgan fingerprint density at radius 2 is 2.00 bits per heavy atom. The smallest absolute Gasteiger partial charge is 0.251 e. The van der Waals surface area contributed by atoms with Crippen LogP contribution in [0.25, 0.3) is 0 Å². The van der Waals surface area contributed by atoms with Crippen LogP contribution in [0.2, 0.25) is 0 Å². The second-order valence-corrected chi connectivity index (χ2v) is 4.10. The Labute approximate surface area is 93.8 Å². The van der Waals surface area contributed by atoms with Crippen LogP contribution in [0.5, 0.6) is 0 Å². The summed E-state index contributed by atoms with van der Waals surface area (Å²) in [4.78, 5) is 22.6. The van der Waals surface area contributed by atoms with Gasteiger partial charge in [0, 0.05) is 17.7 Å². The minimum atomic E-state index is -0.517. The molecule has 84 valence electrons. The van der Waals surface area contributed by atoms with E-state index in [0.717, 1.165) is 6.54 Å². The van der Waals surface area contributed by atoms with E-state index in [4.69, 9.17) is 5.73 Å². The van der Waals surface area contributed by atoms with E-state index in [2.05, 4.69) is 5.32 Å². The molecule has 16 heavy (non-hydrogen) atoms. The van der Waals surface area contributed by atoms with Crippen LogP contribution in [0, 0.1) is 5.92 Å². The summed E-state index contributed by atoms with van der Waals surface area (Å²) in [5.74, 6) is -0.0184. The van der Waals surface area contributed by atoms with E-state index in [1.165, 1.54) is 18.9 Å². The van der Waals surface area contributed by atoms with Gasteiger partial charge in [-0.25, -0.2) is 0 Å². The average molecular weight is 218 g/mol. The Morgan fingerprint density at radius 3 is 2.62 bits per heavy atom. The molecule has 3 N–H and O–H groups in total. The summed E-state index contributed by atoms with van der Waals surface area (Å²) in [5.41, 5.74) is 5.99. The van der Waals surface area contributed by atoms with Gasteiger partial charge in [0.05, 0.1) is 0 Å². The molecule has 0 heterocycles. The number of hydrogen-bond donors (Lipinski definition) is 2. The lowest BCUT2D eigenvalue weighted by atomic mass is 10.1. The molecule has 0 unspecified atom stereocenters. The summed E-state index contributed by atoms with van der Waals surface area (Å²) in [6, 6.07) is 6.45. The van der Waals surface area contributed by atoms with Crippen molar-refractivity contribution >= 4 is 11.8 Å². The van der Waals surface area contributed by atoms with Crippen molar-refractivity contribution in [3.63, 3.8) is 0 Å². The van der Waals surface area contributed by atoms with E-state index in [1.54, 1.807) is 18.2 Å². The average Bonchev–Trinajstić information content (AvgIpc) is 3.10. The van der Waals surface area contributed by atoms with Crippen molar-refractivity contribution in [2.75, 3.05) is 6.54 Å². The summed E-state index contributed by atoms with van der Waals surface area (Å²) in [6.07, 6.45) is 2.39. The molecule has 0 aliphatic heterocycles. The van der Waals surface area contributed by atoms with E-state index in [-0.39, 0.29) is 5.91 Å². The second kappa shape index (κ2) is 4.35. The van der Waals surface area contributed by atoms with E-state index in [9.17, 15) is 9.59 Å². The number of amides is 2. The van der Waals surface area contributed by atoms with Crippen LogP contribution in [-0.2, 0) is 0 Å².